The molecule has 7 heteroatoms. The van der Waals surface area contributed by atoms with Gasteiger partial charge in [-0.3, -0.25) is 14.6 Å². The predicted molar refractivity (Wildman–Crippen MR) is 144 cm³/mol. The third kappa shape index (κ3) is 7.46. The number of pyridine rings is 1. The molecule has 0 spiro atoms. The third-order valence-electron chi connectivity index (χ3n) is 7.45. The molecule has 0 radical (unpaired) electrons. The maximum absolute atomic E-state index is 13.5. The van der Waals surface area contributed by atoms with Gasteiger partial charge in [0.15, 0.2) is 0 Å². The first-order chi connectivity index (χ1) is 17.7. The number of rotatable bonds is 4. The molecule has 200 valence electrons. The van der Waals surface area contributed by atoms with E-state index in [0.29, 0.717) is 57.1 Å². The Morgan fingerprint density at radius 2 is 1.81 bits per heavy atom. The summed E-state index contributed by atoms with van der Waals surface area (Å²) in [6.07, 6.45) is 8.70. The fraction of sp³-hybridized carbons (Fsp3) is 0.567. The van der Waals surface area contributed by atoms with Crippen LogP contribution in [-0.2, 0) is 4.79 Å². The molecule has 37 heavy (non-hydrogen) atoms. The van der Waals surface area contributed by atoms with E-state index in [9.17, 15) is 9.59 Å². The van der Waals surface area contributed by atoms with E-state index >= 15 is 0 Å². The second-order valence-electron chi connectivity index (χ2n) is 11.7. The predicted octanol–water partition coefficient (Wildman–Crippen LogP) is 5.21. The van der Waals surface area contributed by atoms with E-state index in [2.05, 4.69) is 25.8 Å². The molecule has 0 aliphatic carbocycles. The van der Waals surface area contributed by atoms with Crippen LogP contribution >= 0.6 is 0 Å². The van der Waals surface area contributed by atoms with Crippen LogP contribution in [0.2, 0.25) is 0 Å². The molecule has 0 unspecified atom stereocenters. The smallest absolute Gasteiger partial charge is 0.257 e. The molecule has 0 atom stereocenters. The number of carbonyl (C=O) groups is 2. The summed E-state index contributed by atoms with van der Waals surface area (Å²) < 4.78 is 12.3. The number of amides is 2. The number of fused-ring (bicyclic) bond motifs is 9. The van der Waals surface area contributed by atoms with Gasteiger partial charge in [0, 0.05) is 37.7 Å². The second kappa shape index (κ2) is 12.0. The van der Waals surface area contributed by atoms with Gasteiger partial charge in [-0.1, -0.05) is 39.3 Å². The van der Waals surface area contributed by atoms with Crippen LogP contribution in [0.3, 0.4) is 0 Å². The van der Waals surface area contributed by atoms with Crippen molar-refractivity contribution in [3.63, 3.8) is 0 Å². The van der Waals surface area contributed by atoms with E-state index in [4.69, 9.17) is 9.47 Å². The number of piperidine rings is 1. The van der Waals surface area contributed by atoms with Crippen LogP contribution in [0.1, 0.15) is 69.7 Å². The van der Waals surface area contributed by atoms with E-state index in [1.165, 1.54) is 0 Å². The maximum atomic E-state index is 13.5. The molecule has 2 amide bonds. The van der Waals surface area contributed by atoms with Crippen LogP contribution in [0.15, 0.2) is 48.8 Å². The number of para-hydroxylation sites is 1. The largest absolute Gasteiger partial charge is 0.491 e. The first-order valence-electron chi connectivity index (χ1n) is 13.6. The molecular weight excluding hydrogens is 466 g/mol. The first-order valence-corrected chi connectivity index (χ1v) is 13.6. The minimum atomic E-state index is -0.0744. The van der Waals surface area contributed by atoms with E-state index in [-0.39, 0.29) is 22.6 Å². The molecule has 7 nitrogen and oxygen atoms in total. The lowest BCUT2D eigenvalue weighted by Crippen LogP contribution is -2.45. The van der Waals surface area contributed by atoms with Crippen molar-refractivity contribution in [2.24, 2.45) is 10.8 Å². The summed E-state index contributed by atoms with van der Waals surface area (Å²) >= 11 is 0. The fourth-order valence-corrected chi connectivity index (χ4v) is 5.25. The van der Waals surface area contributed by atoms with Crippen LogP contribution < -0.4 is 9.47 Å². The van der Waals surface area contributed by atoms with Crippen LogP contribution in [0, 0.1) is 10.8 Å². The molecule has 0 N–H and O–H groups in total. The molecule has 2 bridgehead atoms. The van der Waals surface area contributed by atoms with Gasteiger partial charge >= 0.3 is 0 Å². The summed E-state index contributed by atoms with van der Waals surface area (Å²) in [5, 5.41) is 0. The number of carbonyl (C=O) groups excluding carboxylic acids is 2. The van der Waals surface area contributed by atoms with Crippen molar-refractivity contribution < 1.29 is 19.1 Å². The highest BCUT2D eigenvalue weighted by Crippen LogP contribution is 2.38. The van der Waals surface area contributed by atoms with Gasteiger partial charge in [0.05, 0.1) is 24.9 Å². The summed E-state index contributed by atoms with van der Waals surface area (Å²) in [4.78, 5) is 34.7. The highest BCUT2D eigenvalue weighted by molar-refractivity contribution is 5.97. The van der Waals surface area contributed by atoms with Crippen molar-refractivity contribution in [3.05, 3.63) is 54.4 Å². The summed E-state index contributed by atoms with van der Waals surface area (Å²) in [6, 6.07) is 11.3. The average Bonchev–Trinajstić information content (AvgIpc) is 2.89. The molecule has 0 saturated carbocycles. The van der Waals surface area contributed by atoms with Gasteiger partial charge in [-0.25, -0.2) is 0 Å². The zero-order chi connectivity index (χ0) is 26.3. The summed E-state index contributed by atoms with van der Waals surface area (Å²) in [7, 11) is 0. The molecule has 1 saturated heterocycles. The Kier molecular flexibility index (Phi) is 8.72. The SMILES string of the molecule is CC(C)(C)CC(=O)N1CCCCC2(COc3cccnc3)CCN(CC2)C(=O)c2ccccc2OCC1. The lowest BCUT2D eigenvalue weighted by Gasteiger charge is -2.42. The molecule has 1 aromatic carbocycles. The Morgan fingerprint density at radius 1 is 1.03 bits per heavy atom. The number of hydrogen-bond donors (Lipinski definition) is 0. The van der Waals surface area contributed by atoms with Crippen molar-refractivity contribution in [1.29, 1.82) is 0 Å². The van der Waals surface area contributed by atoms with Gasteiger partial charge in [-0.15, -0.1) is 0 Å². The van der Waals surface area contributed by atoms with Crippen molar-refractivity contribution in [2.45, 2.75) is 59.3 Å². The van der Waals surface area contributed by atoms with Gasteiger partial charge in [-0.2, -0.15) is 0 Å². The zero-order valence-corrected chi connectivity index (χ0v) is 22.6. The Labute approximate surface area is 221 Å². The van der Waals surface area contributed by atoms with E-state index < -0.39 is 0 Å². The minimum absolute atomic E-state index is 0.00733. The van der Waals surface area contributed by atoms with Crippen molar-refractivity contribution >= 4 is 11.8 Å². The number of nitrogens with zero attached hydrogens (tertiary/aromatic N) is 3. The van der Waals surface area contributed by atoms with Crippen LogP contribution in [0.4, 0.5) is 0 Å². The molecule has 2 aromatic rings. The molecule has 3 aliphatic rings. The number of ether oxygens (including phenoxy) is 2. The Balaban J connectivity index is 1.54. The van der Waals surface area contributed by atoms with Gasteiger partial charge in [-0.05, 0) is 55.4 Å². The third-order valence-corrected chi connectivity index (χ3v) is 7.45. The topological polar surface area (TPSA) is 72.0 Å². The molecule has 4 heterocycles. The molecule has 5 rings (SSSR count). The molecule has 3 aliphatic heterocycles. The lowest BCUT2D eigenvalue weighted by atomic mass is 9.75. The van der Waals surface area contributed by atoms with Crippen molar-refractivity contribution in [3.8, 4) is 11.5 Å². The quantitative estimate of drug-likeness (QED) is 0.568. The van der Waals surface area contributed by atoms with E-state index in [1.54, 1.807) is 12.4 Å². The maximum Gasteiger partial charge on any atom is 0.257 e. The highest BCUT2D eigenvalue weighted by Gasteiger charge is 2.37. The van der Waals surface area contributed by atoms with Gasteiger partial charge in [0.25, 0.3) is 5.91 Å². The summed E-state index contributed by atoms with van der Waals surface area (Å²) in [5.74, 6) is 1.53. The lowest BCUT2D eigenvalue weighted by molar-refractivity contribution is -0.133. The van der Waals surface area contributed by atoms with Crippen molar-refractivity contribution in [1.82, 2.24) is 14.8 Å². The van der Waals surface area contributed by atoms with Gasteiger partial charge < -0.3 is 19.3 Å². The standard InChI is InChI=1S/C30H41N3O4/c1-29(2,3)21-27(34)32-16-7-6-12-30(23-37-24-9-8-15-31-22-24)13-17-33(18-14-30)28(35)25-10-4-5-11-26(25)36-20-19-32/h4-5,8-11,15,22H,6-7,12-14,16-21,23H2,1-3H3. The number of hydrogen-bond acceptors (Lipinski definition) is 5. The van der Waals surface area contributed by atoms with Crippen LogP contribution in [0.5, 0.6) is 11.5 Å². The highest BCUT2D eigenvalue weighted by atomic mass is 16.5. The van der Waals surface area contributed by atoms with E-state index in [0.717, 1.165) is 37.9 Å². The Hall–Kier alpha value is -3.09. The molecule has 1 fully saturated rings. The van der Waals surface area contributed by atoms with Gasteiger partial charge in [0.2, 0.25) is 5.91 Å². The second-order valence-corrected chi connectivity index (χ2v) is 11.7. The first kappa shape index (κ1) is 27.0. The van der Waals surface area contributed by atoms with Crippen LogP contribution in [-0.4, -0.2) is 66.0 Å². The van der Waals surface area contributed by atoms with Crippen molar-refractivity contribution in [2.75, 3.05) is 39.4 Å². The fourth-order valence-electron chi connectivity index (χ4n) is 5.25. The van der Waals surface area contributed by atoms with Gasteiger partial charge in [0.1, 0.15) is 18.1 Å². The number of aromatic nitrogens is 1. The monoisotopic (exact) mass is 507 g/mol. The van der Waals surface area contributed by atoms with Crippen LogP contribution in [0.25, 0.3) is 0 Å². The number of benzene rings is 1. The zero-order valence-electron chi connectivity index (χ0n) is 22.6. The molecule has 1 aromatic heterocycles. The Morgan fingerprint density at radius 3 is 2.54 bits per heavy atom. The molecular formula is C30H41N3O4. The average molecular weight is 508 g/mol. The summed E-state index contributed by atoms with van der Waals surface area (Å²) in [5.41, 5.74) is 0.502. The summed E-state index contributed by atoms with van der Waals surface area (Å²) in [6.45, 7) is 9.86. The minimum Gasteiger partial charge on any atom is -0.491 e. The normalized spacial score (nSPS) is 18.8. The Bertz CT molecular complexity index is 1040. The van der Waals surface area contributed by atoms with E-state index in [1.807, 2.05) is 46.2 Å².